The van der Waals surface area contributed by atoms with Gasteiger partial charge in [-0.1, -0.05) is 260 Å². The maximum atomic E-state index is 12.3. The zero-order valence-corrected chi connectivity index (χ0v) is 46.8. The Hall–Kier alpha value is -5.26. The number of hydrogen-bond acceptors (Lipinski definition) is 5. The van der Waals surface area contributed by atoms with E-state index >= 15 is 0 Å². The van der Waals surface area contributed by atoms with Crippen LogP contribution < -0.4 is 0 Å². The molecule has 0 saturated heterocycles. The van der Waals surface area contributed by atoms with E-state index in [4.69, 9.17) is 9.47 Å². The first-order valence-corrected chi connectivity index (χ1v) is 29.0. The van der Waals surface area contributed by atoms with Crippen LogP contribution in [0.25, 0.3) is 0 Å². The van der Waals surface area contributed by atoms with Crippen molar-refractivity contribution in [2.75, 3.05) is 13.2 Å². The monoisotopic (exact) mass is 1010 g/mol. The molecule has 0 aromatic rings. The summed E-state index contributed by atoms with van der Waals surface area (Å²) in [5, 5.41) is 9.64. The SMILES string of the molecule is CC/C=C\C/C=C\C/C=C\C/C=C\C/C=C\C/C=C\C/C=C\C/C=C\C/C=C\C/C=C\CCCCCCCCCCCCC(=O)OC(CO)COC(=O)CC/C=C\C/C=C\C/C=C\C/C=C\C/C=C\C/C=C\CC. The van der Waals surface area contributed by atoms with Crippen molar-refractivity contribution in [3.8, 4) is 0 Å². The van der Waals surface area contributed by atoms with Gasteiger partial charge in [-0.3, -0.25) is 9.59 Å². The predicted octanol–water partition coefficient (Wildman–Crippen LogP) is 20.1. The van der Waals surface area contributed by atoms with Gasteiger partial charge >= 0.3 is 11.9 Å². The minimum atomic E-state index is -0.820. The highest BCUT2D eigenvalue weighted by atomic mass is 16.6. The molecule has 1 atom stereocenters. The third-order valence-electron chi connectivity index (χ3n) is 11.4. The van der Waals surface area contributed by atoms with Crippen LogP contribution in [0.4, 0.5) is 0 Å². The van der Waals surface area contributed by atoms with Crippen molar-refractivity contribution in [2.45, 2.75) is 213 Å². The van der Waals surface area contributed by atoms with E-state index in [2.05, 4.69) is 196 Å². The van der Waals surface area contributed by atoms with Gasteiger partial charge in [-0.25, -0.2) is 0 Å². The molecule has 0 aromatic heterocycles. The normalized spacial score (nSPS) is 13.7. The second kappa shape index (κ2) is 62.0. The van der Waals surface area contributed by atoms with Crippen LogP contribution in [0.5, 0.6) is 0 Å². The summed E-state index contributed by atoms with van der Waals surface area (Å²) in [6.45, 7) is 3.82. The van der Waals surface area contributed by atoms with Crippen molar-refractivity contribution in [3.05, 3.63) is 194 Å². The van der Waals surface area contributed by atoms with E-state index in [1.165, 1.54) is 44.9 Å². The first-order valence-electron chi connectivity index (χ1n) is 29.0. The summed E-state index contributed by atoms with van der Waals surface area (Å²) >= 11 is 0. The Balaban J connectivity index is 3.66. The van der Waals surface area contributed by atoms with Crippen molar-refractivity contribution >= 4 is 11.9 Å². The van der Waals surface area contributed by atoms with Crippen molar-refractivity contribution < 1.29 is 24.2 Å². The molecule has 5 nitrogen and oxygen atoms in total. The summed E-state index contributed by atoms with van der Waals surface area (Å²) in [6, 6.07) is 0. The molecule has 0 aromatic carbocycles. The Bertz CT molecular complexity index is 1760. The van der Waals surface area contributed by atoms with Crippen LogP contribution in [-0.2, 0) is 19.1 Å². The van der Waals surface area contributed by atoms with Gasteiger partial charge in [-0.2, -0.15) is 0 Å². The molecule has 0 aliphatic carbocycles. The summed E-state index contributed by atoms with van der Waals surface area (Å²) in [5.41, 5.74) is 0. The lowest BCUT2D eigenvalue weighted by molar-refractivity contribution is -0.161. The Morgan fingerprint density at radius 2 is 0.568 bits per heavy atom. The first-order chi connectivity index (χ1) is 36.6. The van der Waals surface area contributed by atoms with Gasteiger partial charge in [0.25, 0.3) is 0 Å². The van der Waals surface area contributed by atoms with Gasteiger partial charge in [-0.05, 0) is 128 Å². The van der Waals surface area contributed by atoms with Gasteiger partial charge in [0.1, 0.15) is 6.61 Å². The Kier molecular flexibility index (Phi) is 57.6. The highest BCUT2D eigenvalue weighted by Gasteiger charge is 2.16. The lowest BCUT2D eigenvalue weighted by atomic mass is 10.0. The van der Waals surface area contributed by atoms with Crippen LogP contribution in [0.2, 0.25) is 0 Å². The van der Waals surface area contributed by atoms with Crippen LogP contribution in [0, 0.1) is 0 Å². The van der Waals surface area contributed by atoms with E-state index in [0.717, 1.165) is 128 Å². The van der Waals surface area contributed by atoms with E-state index in [1.54, 1.807) is 0 Å². The molecule has 5 heteroatoms. The van der Waals surface area contributed by atoms with Crippen LogP contribution in [0.15, 0.2) is 194 Å². The average molecular weight is 1010 g/mol. The summed E-state index contributed by atoms with van der Waals surface area (Å²) in [5.74, 6) is -0.709. The summed E-state index contributed by atoms with van der Waals surface area (Å²) in [7, 11) is 0. The molecule has 1 unspecified atom stereocenters. The fourth-order valence-corrected chi connectivity index (χ4v) is 7.14. The molecule has 0 saturated carbocycles. The number of ether oxygens (including phenoxy) is 2. The number of allylic oxidation sites excluding steroid dienone is 32. The van der Waals surface area contributed by atoms with Crippen molar-refractivity contribution in [1.29, 1.82) is 0 Å². The zero-order chi connectivity index (χ0) is 53.4. The Morgan fingerprint density at radius 1 is 0.311 bits per heavy atom. The molecule has 0 heterocycles. The number of rotatable bonds is 50. The average Bonchev–Trinajstić information content (AvgIpc) is 3.40. The van der Waals surface area contributed by atoms with Crippen molar-refractivity contribution in [2.24, 2.45) is 0 Å². The van der Waals surface area contributed by atoms with Crippen molar-refractivity contribution in [1.82, 2.24) is 0 Å². The van der Waals surface area contributed by atoms with Crippen LogP contribution in [-0.4, -0.2) is 36.4 Å². The minimum absolute atomic E-state index is 0.120. The van der Waals surface area contributed by atoms with E-state index in [0.29, 0.717) is 12.8 Å². The third-order valence-corrected chi connectivity index (χ3v) is 11.4. The van der Waals surface area contributed by atoms with Gasteiger partial charge in [0.05, 0.1) is 6.61 Å². The molecule has 410 valence electrons. The number of aliphatic hydroxyl groups is 1. The topological polar surface area (TPSA) is 72.8 Å². The Morgan fingerprint density at radius 3 is 0.865 bits per heavy atom. The first kappa shape index (κ1) is 68.7. The highest BCUT2D eigenvalue weighted by molar-refractivity contribution is 5.70. The van der Waals surface area contributed by atoms with E-state index < -0.39 is 6.10 Å². The molecule has 0 fully saturated rings. The molecule has 0 aliphatic rings. The van der Waals surface area contributed by atoms with Crippen molar-refractivity contribution in [3.63, 3.8) is 0 Å². The quantitative estimate of drug-likeness (QED) is 0.0373. The maximum Gasteiger partial charge on any atom is 0.306 e. The van der Waals surface area contributed by atoms with E-state index in [1.807, 2.05) is 12.2 Å². The Labute approximate surface area is 454 Å². The highest BCUT2D eigenvalue weighted by Crippen LogP contribution is 2.13. The van der Waals surface area contributed by atoms with E-state index in [-0.39, 0.29) is 31.6 Å². The second-order valence-corrected chi connectivity index (χ2v) is 18.2. The van der Waals surface area contributed by atoms with Crippen LogP contribution in [0.1, 0.15) is 206 Å². The molecule has 0 radical (unpaired) electrons. The molecule has 0 rings (SSSR count). The predicted molar refractivity (Wildman–Crippen MR) is 324 cm³/mol. The second-order valence-electron chi connectivity index (χ2n) is 18.2. The fourth-order valence-electron chi connectivity index (χ4n) is 7.14. The summed E-state index contributed by atoms with van der Waals surface area (Å²) < 4.78 is 10.6. The van der Waals surface area contributed by atoms with Gasteiger partial charge < -0.3 is 14.6 Å². The molecule has 0 amide bonds. The number of carbonyl (C=O) groups is 2. The van der Waals surface area contributed by atoms with Gasteiger partial charge in [0.15, 0.2) is 6.10 Å². The van der Waals surface area contributed by atoms with Gasteiger partial charge in [0.2, 0.25) is 0 Å². The lowest BCUT2D eigenvalue weighted by Crippen LogP contribution is -2.28. The van der Waals surface area contributed by atoms with E-state index in [9.17, 15) is 14.7 Å². The summed E-state index contributed by atoms with van der Waals surface area (Å²) in [4.78, 5) is 24.5. The fraction of sp³-hybridized carbons (Fsp3) is 0.507. The number of hydrogen-bond donors (Lipinski definition) is 1. The van der Waals surface area contributed by atoms with Crippen LogP contribution >= 0.6 is 0 Å². The molecule has 74 heavy (non-hydrogen) atoms. The number of esters is 2. The number of unbranched alkanes of at least 4 members (excludes halogenated alkanes) is 10. The summed E-state index contributed by atoms with van der Waals surface area (Å²) in [6.07, 6.45) is 99.8. The largest absolute Gasteiger partial charge is 0.462 e. The molecular weight excluding hydrogens is 909 g/mol. The molecule has 1 N–H and O–H groups in total. The number of aliphatic hydroxyl groups excluding tert-OH is 1. The molecule has 0 aliphatic heterocycles. The lowest BCUT2D eigenvalue weighted by Gasteiger charge is -2.15. The standard InChI is InChI=1S/C69H104O5/c1-3-5-7-9-11-13-15-17-19-21-23-24-25-26-27-28-29-30-31-32-33-34-35-36-37-38-39-40-41-42-43-44-46-48-50-52-54-56-58-60-62-64-69(72)74-67(65-70)66-73-68(71)63-61-59-57-55-53-51-49-47-45-22-20-18-16-14-12-10-8-6-4-2/h5-8,11-14,17-20,23-24,26-27,29-30,32-33,35-36,38-39,41-42,45,47,51,53,57,59,67,70H,3-4,9-10,15-16,21-22,25,28,31,34,37,40,43-44,46,48-50,52,54-56,58,60-66H2,1-2H3/b7-5-,8-6-,13-11-,14-12-,19-17-,20-18-,24-23-,27-26-,30-29-,33-32-,36-35-,39-38-,42-41-,47-45-,53-51-,59-57-. The molecular formula is C69H104O5. The van der Waals surface area contributed by atoms with Gasteiger partial charge in [-0.15, -0.1) is 0 Å². The maximum absolute atomic E-state index is 12.3. The number of carbonyl (C=O) groups excluding carboxylic acids is 2. The van der Waals surface area contributed by atoms with Crippen LogP contribution in [0.3, 0.4) is 0 Å². The molecule has 0 spiro atoms. The molecule has 0 bridgehead atoms. The third kappa shape index (κ3) is 59.3. The smallest absolute Gasteiger partial charge is 0.306 e. The minimum Gasteiger partial charge on any atom is -0.462 e. The van der Waals surface area contributed by atoms with Gasteiger partial charge in [0, 0.05) is 12.8 Å². The zero-order valence-electron chi connectivity index (χ0n) is 46.8.